The number of nitrogens with one attached hydrogen (secondary N) is 1. The van der Waals surface area contributed by atoms with Crippen molar-refractivity contribution in [3.63, 3.8) is 0 Å². The number of hydrogen-bond donors (Lipinski definition) is 1. The Bertz CT molecular complexity index is 548. The highest BCUT2D eigenvalue weighted by Gasteiger charge is 2.20. The molecule has 0 bridgehead atoms. The van der Waals surface area contributed by atoms with Gasteiger partial charge in [-0.2, -0.15) is 0 Å². The zero-order chi connectivity index (χ0) is 12.4. The molecule has 1 aromatic heterocycles. The maximum absolute atomic E-state index is 4.81. The summed E-state index contributed by atoms with van der Waals surface area (Å²) < 4.78 is 0. The van der Waals surface area contributed by atoms with Crippen LogP contribution < -0.4 is 5.32 Å². The minimum atomic E-state index is 0.901. The molecule has 94 valence electrons. The van der Waals surface area contributed by atoms with Gasteiger partial charge in [-0.05, 0) is 19.0 Å². The van der Waals surface area contributed by atoms with Crippen molar-refractivity contribution >= 4 is 23.1 Å². The van der Waals surface area contributed by atoms with Gasteiger partial charge in [0.2, 0.25) is 0 Å². The van der Waals surface area contributed by atoms with Crippen LogP contribution in [0.4, 0.5) is 0 Å². The number of fused-ring (bicyclic) bond motifs is 3. The third-order valence-electron chi connectivity index (χ3n) is 2.95. The summed E-state index contributed by atoms with van der Waals surface area (Å²) in [6.07, 6.45) is 1.17. The third-order valence-corrected chi connectivity index (χ3v) is 5.28. The predicted octanol–water partition coefficient (Wildman–Crippen LogP) is 3.92. The summed E-state index contributed by atoms with van der Waals surface area (Å²) in [7, 11) is 0. The van der Waals surface area contributed by atoms with Crippen LogP contribution in [0, 0.1) is 0 Å². The summed E-state index contributed by atoms with van der Waals surface area (Å²) >= 11 is 3.78. The molecule has 0 saturated heterocycles. The molecular weight excluding hydrogens is 260 g/mol. The molecule has 4 heteroatoms. The standard InChI is InChI=1S/C14H16N2S2/c1-2-7-15-8-13-16-14-10-5-3-4-6-11(10)17-9-12(14)18-13/h3-6,15H,2,7-9H2,1H3. The molecule has 1 aromatic carbocycles. The molecule has 0 atom stereocenters. The van der Waals surface area contributed by atoms with Crippen molar-refractivity contribution in [1.29, 1.82) is 0 Å². The van der Waals surface area contributed by atoms with Gasteiger partial charge in [-0.3, -0.25) is 0 Å². The number of aromatic nitrogens is 1. The molecule has 2 nitrogen and oxygen atoms in total. The van der Waals surface area contributed by atoms with Crippen LogP contribution in [0.3, 0.4) is 0 Å². The van der Waals surface area contributed by atoms with Crippen molar-refractivity contribution in [2.75, 3.05) is 6.54 Å². The largest absolute Gasteiger partial charge is 0.310 e. The zero-order valence-corrected chi connectivity index (χ0v) is 12.0. The van der Waals surface area contributed by atoms with Crippen molar-refractivity contribution in [3.8, 4) is 11.3 Å². The van der Waals surface area contributed by atoms with E-state index in [9.17, 15) is 0 Å². The van der Waals surface area contributed by atoms with E-state index in [2.05, 4.69) is 36.5 Å². The van der Waals surface area contributed by atoms with E-state index in [1.165, 1.54) is 32.5 Å². The van der Waals surface area contributed by atoms with Crippen LogP contribution in [-0.4, -0.2) is 11.5 Å². The second-order valence-electron chi connectivity index (χ2n) is 4.34. The maximum Gasteiger partial charge on any atom is 0.107 e. The molecule has 2 aromatic rings. The van der Waals surface area contributed by atoms with Gasteiger partial charge in [-0.25, -0.2) is 4.98 Å². The van der Waals surface area contributed by atoms with Crippen LogP contribution in [0.5, 0.6) is 0 Å². The minimum absolute atomic E-state index is 0.901. The Kier molecular flexibility index (Phi) is 3.68. The summed E-state index contributed by atoms with van der Waals surface area (Å²) in [5.41, 5.74) is 2.52. The fraction of sp³-hybridized carbons (Fsp3) is 0.357. The smallest absolute Gasteiger partial charge is 0.107 e. The van der Waals surface area contributed by atoms with E-state index in [1.54, 1.807) is 0 Å². The first-order valence-corrected chi connectivity index (χ1v) is 8.10. The number of hydrogen-bond acceptors (Lipinski definition) is 4. The molecule has 0 unspecified atom stereocenters. The van der Waals surface area contributed by atoms with Crippen LogP contribution in [0.25, 0.3) is 11.3 Å². The molecule has 3 rings (SSSR count). The minimum Gasteiger partial charge on any atom is -0.310 e. The molecule has 2 heterocycles. The van der Waals surface area contributed by atoms with Crippen molar-refractivity contribution in [1.82, 2.24) is 10.3 Å². The average Bonchev–Trinajstić information content (AvgIpc) is 2.82. The van der Waals surface area contributed by atoms with Gasteiger partial charge in [-0.15, -0.1) is 23.1 Å². The van der Waals surface area contributed by atoms with Crippen molar-refractivity contribution in [3.05, 3.63) is 34.2 Å². The summed E-state index contributed by atoms with van der Waals surface area (Å²) in [5.74, 6) is 1.07. The van der Waals surface area contributed by atoms with Gasteiger partial charge in [0.15, 0.2) is 0 Å². The normalized spacial score (nSPS) is 13.2. The van der Waals surface area contributed by atoms with E-state index in [0.717, 1.165) is 18.8 Å². The topological polar surface area (TPSA) is 24.9 Å². The van der Waals surface area contributed by atoms with Crippen LogP contribution in [-0.2, 0) is 12.3 Å². The Balaban J connectivity index is 1.87. The molecule has 0 radical (unpaired) electrons. The second kappa shape index (κ2) is 5.43. The Morgan fingerprint density at radius 1 is 1.33 bits per heavy atom. The van der Waals surface area contributed by atoms with Crippen molar-refractivity contribution < 1.29 is 0 Å². The quantitative estimate of drug-likeness (QED) is 0.857. The third kappa shape index (κ3) is 2.32. The second-order valence-corrected chi connectivity index (χ2v) is 6.53. The van der Waals surface area contributed by atoms with Crippen LogP contribution in [0.1, 0.15) is 23.2 Å². The first-order chi connectivity index (χ1) is 8.88. The van der Waals surface area contributed by atoms with Gasteiger partial charge in [0, 0.05) is 27.6 Å². The highest BCUT2D eigenvalue weighted by molar-refractivity contribution is 7.98. The predicted molar refractivity (Wildman–Crippen MR) is 79.1 cm³/mol. The first kappa shape index (κ1) is 12.2. The van der Waals surface area contributed by atoms with Gasteiger partial charge in [0.1, 0.15) is 5.01 Å². The fourth-order valence-electron chi connectivity index (χ4n) is 2.09. The molecule has 0 fully saturated rings. The maximum atomic E-state index is 4.81. The molecule has 0 spiro atoms. The number of rotatable bonds is 4. The van der Waals surface area contributed by atoms with Crippen LogP contribution >= 0.6 is 23.1 Å². The number of nitrogens with zero attached hydrogens (tertiary/aromatic N) is 1. The van der Waals surface area contributed by atoms with Gasteiger partial charge in [0.25, 0.3) is 0 Å². The summed E-state index contributed by atoms with van der Waals surface area (Å²) in [5, 5.41) is 4.64. The lowest BCUT2D eigenvalue weighted by Gasteiger charge is -2.13. The molecule has 1 N–H and O–H groups in total. The van der Waals surface area contributed by atoms with Gasteiger partial charge in [0.05, 0.1) is 5.69 Å². The SMILES string of the molecule is CCCNCc1nc2c(s1)CSc1ccccc1-2. The van der Waals surface area contributed by atoms with Gasteiger partial charge < -0.3 is 5.32 Å². The molecule has 1 aliphatic rings. The Labute approximate surface area is 116 Å². The molecule has 0 saturated carbocycles. The monoisotopic (exact) mass is 276 g/mol. The summed E-state index contributed by atoms with van der Waals surface area (Å²) in [4.78, 5) is 7.59. The Morgan fingerprint density at radius 3 is 3.11 bits per heavy atom. The average molecular weight is 276 g/mol. The lowest BCUT2D eigenvalue weighted by atomic mass is 10.1. The molecule has 0 amide bonds. The number of thiazole rings is 1. The molecule has 0 aliphatic carbocycles. The lowest BCUT2D eigenvalue weighted by molar-refractivity contribution is 0.673. The highest BCUT2D eigenvalue weighted by atomic mass is 32.2. The number of benzene rings is 1. The lowest BCUT2D eigenvalue weighted by Crippen LogP contribution is -2.13. The van der Waals surface area contributed by atoms with Crippen molar-refractivity contribution in [2.45, 2.75) is 30.5 Å². The van der Waals surface area contributed by atoms with E-state index in [0.29, 0.717) is 0 Å². The van der Waals surface area contributed by atoms with Crippen LogP contribution in [0.15, 0.2) is 29.2 Å². The number of thioether (sulfide) groups is 1. The summed E-state index contributed by atoms with van der Waals surface area (Å²) in [6, 6.07) is 8.58. The van der Waals surface area contributed by atoms with E-state index < -0.39 is 0 Å². The van der Waals surface area contributed by atoms with Crippen molar-refractivity contribution in [2.24, 2.45) is 0 Å². The highest BCUT2D eigenvalue weighted by Crippen LogP contribution is 2.43. The van der Waals surface area contributed by atoms with Gasteiger partial charge in [-0.1, -0.05) is 25.1 Å². The van der Waals surface area contributed by atoms with E-state index in [4.69, 9.17) is 4.98 Å². The zero-order valence-electron chi connectivity index (χ0n) is 10.4. The Hall–Kier alpha value is -0.840. The Morgan fingerprint density at radius 2 is 2.22 bits per heavy atom. The molecular formula is C14H16N2S2. The van der Waals surface area contributed by atoms with E-state index in [1.807, 2.05) is 23.1 Å². The first-order valence-electron chi connectivity index (χ1n) is 6.30. The molecule has 18 heavy (non-hydrogen) atoms. The van der Waals surface area contributed by atoms with Crippen LogP contribution in [0.2, 0.25) is 0 Å². The van der Waals surface area contributed by atoms with Gasteiger partial charge >= 0.3 is 0 Å². The van der Waals surface area contributed by atoms with E-state index >= 15 is 0 Å². The van der Waals surface area contributed by atoms with E-state index in [-0.39, 0.29) is 0 Å². The molecule has 1 aliphatic heterocycles. The summed E-state index contributed by atoms with van der Waals surface area (Å²) in [6.45, 7) is 4.15. The fourth-order valence-corrected chi connectivity index (χ4v) is 4.27.